The molecule has 0 saturated carbocycles. The Bertz CT molecular complexity index is 349. The number of hydrogen-bond acceptors (Lipinski definition) is 4. The van der Waals surface area contributed by atoms with Gasteiger partial charge in [0.15, 0.2) is 0 Å². The number of carbonyl (C=O) groups is 2. The molecule has 0 saturated heterocycles. The van der Waals surface area contributed by atoms with Crippen LogP contribution in [0.2, 0.25) is 0 Å². The van der Waals surface area contributed by atoms with Gasteiger partial charge in [0, 0.05) is 17.1 Å². The Morgan fingerprint density at radius 1 is 1.25 bits per heavy atom. The van der Waals surface area contributed by atoms with Crippen LogP contribution in [0.25, 0.3) is 0 Å². The topological polar surface area (TPSA) is 43.4 Å². The first kappa shape index (κ1) is 12.8. The van der Waals surface area contributed by atoms with Crippen molar-refractivity contribution in [2.45, 2.75) is 17.7 Å². The lowest BCUT2D eigenvalue weighted by Gasteiger charge is -2.00. The fourth-order valence-electron chi connectivity index (χ4n) is 1.12. The van der Waals surface area contributed by atoms with E-state index in [4.69, 9.17) is 0 Å². The molecule has 16 heavy (non-hydrogen) atoms. The number of ketones is 1. The summed E-state index contributed by atoms with van der Waals surface area (Å²) in [5.74, 6) is 0.157. The minimum atomic E-state index is -0.463. The number of ether oxygens (including phenoxy) is 1. The van der Waals surface area contributed by atoms with E-state index in [0.717, 1.165) is 4.90 Å². The molecule has 0 atom stereocenters. The zero-order valence-corrected chi connectivity index (χ0v) is 9.96. The third kappa shape index (κ3) is 4.98. The molecular formula is C12H14O3S. The van der Waals surface area contributed by atoms with Gasteiger partial charge in [0.1, 0.15) is 12.2 Å². The van der Waals surface area contributed by atoms with Crippen LogP contribution >= 0.6 is 11.8 Å². The molecule has 0 spiro atoms. The van der Waals surface area contributed by atoms with Crippen LogP contribution in [-0.2, 0) is 14.3 Å². The summed E-state index contributed by atoms with van der Waals surface area (Å²) in [4.78, 5) is 23.2. The highest BCUT2D eigenvalue weighted by Gasteiger charge is 2.08. The van der Waals surface area contributed by atoms with Crippen molar-refractivity contribution in [3.8, 4) is 0 Å². The second-order valence-corrected chi connectivity index (χ2v) is 4.37. The number of thioether (sulfide) groups is 1. The monoisotopic (exact) mass is 238 g/mol. The molecule has 1 aromatic rings. The van der Waals surface area contributed by atoms with Crippen molar-refractivity contribution in [3.63, 3.8) is 0 Å². The lowest BCUT2D eigenvalue weighted by Crippen LogP contribution is -2.09. The van der Waals surface area contributed by atoms with E-state index >= 15 is 0 Å². The Balaban J connectivity index is 2.21. The second kappa shape index (κ2) is 7.06. The van der Waals surface area contributed by atoms with E-state index in [1.54, 1.807) is 11.8 Å². The van der Waals surface area contributed by atoms with Gasteiger partial charge in [0.25, 0.3) is 0 Å². The molecule has 86 valence electrons. The van der Waals surface area contributed by atoms with E-state index < -0.39 is 5.97 Å². The van der Waals surface area contributed by atoms with Crippen molar-refractivity contribution in [2.24, 2.45) is 0 Å². The predicted octanol–water partition coefficient (Wildman–Crippen LogP) is 2.30. The van der Waals surface area contributed by atoms with Gasteiger partial charge in [-0.25, -0.2) is 0 Å². The SMILES string of the molecule is COC(=O)CC(=O)CCSc1ccccc1. The number of esters is 1. The van der Waals surface area contributed by atoms with E-state index in [2.05, 4.69) is 4.74 Å². The summed E-state index contributed by atoms with van der Waals surface area (Å²) in [6.45, 7) is 0. The van der Waals surface area contributed by atoms with Gasteiger partial charge >= 0.3 is 5.97 Å². The van der Waals surface area contributed by atoms with Crippen LogP contribution in [0.1, 0.15) is 12.8 Å². The first-order chi connectivity index (χ1) is 7.72. The number of carbonyl (C=O) groups excluding carboxylic acids is 2. The third-order valence-corrected chi connectivity index (χ3v) is 2.98. The first-order valence-corrected chi connectivity index (χ1v) is 5.97. The molecule has 0 fully saturated rings. The van der Waals surface area contributed by atoms with Crippen LogP contribution in [0.4, 0.5) is 0 Å². The molecule has 0 N–H and O–H groups in total. The molecule has 0 aliphatic heterocycles. The number of benzene rings is 1. The van der Waals surface area contributed by atoms with Crippen molar-refractivity contribution in [1.29, 1.82) is 0 Å². The Morgan fingerprint density at radius 2 is 1.94 bits per heavy atom. The zero-order valence-electron chi connectivity index (χ0n) is 9.14. The highest BCUT2D eigenvalue weighted by Crippen LogP contribution is 2.17. The largest absolute Gasteiger partial charge is 0.469 e. The number of rotatable bonds is 6. The van der Waals surface area contributed by atoms with Crippen molar-refractivity contribution in [2.75, 3.05) is 12.9 Å². The Morgan fingerprint density at radius 3 is 2.56 bits per heavy atom. The average Bonchev–Trinajstić information content (AvgIpc) is 2.30. The highest BCUT2D eigenvalue weighted by molar-refractivity contribution is 7.99. The summed E-state index contributed by atoms with van der Waals surface area (Å²) in [6.07, 6.45) is 0.278. The van der Waals surface area contributed by atoms with E-state index in [1.807, 2.05) is 30.3 Å². The Hall–Kier alpha value is -1.29. The highest BCUT2D eigenvalue weighted by atomic mass is 32.2. The standard InChI is InChI=1S/C12H14O3S/c1-15-12(14)9-10(13)7-8-16-11-5-3-2-4-6-11/h2-6H,7-9H2,1H3. The molecule has 0 radical (unpaired) electrons. The summed E-state index contributed by atoms with van der Waals surface area (Å²) in [5.41, 5.74) is 0. The minimum Gasteiger partial charge on any atom is -0.469 e. The van der Waals surface area contributed by atoms with Crippen molar-refractivity contribution >= 4 is 23.5 Å². The van der Waals surface area contributed by atoms with E-state index in [0.29, 0.717) is 12.2 Å². The maximum Gasteiger partial charge on any atom is 0.313 e. The quantitative estimate of drug-likeness (QED) is 0.433. The van der Waals surface area contributed by atoms with E-state index in [1.165, 1.54) is 7.11 Å². The second-order valence-electron chi connectivity index (χ2n) is 3.20. The van der Waals surface area contributed by atoms with Crippen LogP contribution in [0.3, 0.4) is 0 Å². The molecular weight excluding hydrogens is 224 g/mol. The third-order valence-electron chi connectivity index (χ3n) is 1.96. The molecule has 0 aliphatic rings. The molecule has 3 nitrogen and oxygen atoms in total. The molecule has 0 bridgehead atoms. The number of methoxy groups -OCH3 is 1. The van der Waals surface area contributed by atoms with Gasteiger partial charge in [-0.1, -0.05) is 18.2 Å². The zero-order chi connectivity index (χ0) is 11.8. The molecule has 0 aliphatic carbocycles. The van der Waals surface area contributed by atoms with Gasteiger partial charge in [-0.2, -0.15) is 0 Å². The fraction of sp³-hybridized carbons (Fsp3) is 0.333. The summed E-state index contributed by atoms with van der Waals surface area (Å²) >= 11 is 1.61. The van der Waals surface area contributed by atoms with Crippen molar-refractivity contribution < 1.29 is 14.3 Å². The molecule has 0 heterocycles. The molecule has 1 rings (SSSR count). The molecule has 1 aromatic carbocycles. The fourth-order valence-corrected chi connectivity index (χ4v) is 2.04. The molecule has 0 aromatic heterocycles. The normalized spacial score (nSPS) is 9.81. The average molecular weight is 238 g/mol. The van der Waals surface area contributed by atoms with Crippen LogP contribution in [0.5, 0.6) is 0 Å². The summed E-state index contributed by atoms with van der Waals surface area (Å²) in [7, 11) is 1.29. The molecule has 0 amide bonds. The maximum atomic E-state index is 11.3. The summed E-state index contributed by atoms with van der Waals surface area (Å²) in [5, 5.41) is 0. The Labute approximate surface area is 99.2 Å². The number of Topliss-reactive ketones (excluding diaryl/α,β-unsaturated/α-hetero) is 1. The predicted molar refractivity (Wildman–Crippen MR) is 63.4 cm³/mol. The number of hydrogen-bond donors (Lipinski definition) is 0. The van der Waals surface area contributed by atoms with Crippen molar-refractivity contribution in [1.82, 2.24) is 0 Å². The molecule has 4 heteroatoms. The van der Waals surface area contributed by atoms with Crippen molar-refractivity contribution in [3.05, 3.63) is 30.3 Å². The van der Waals surface area contributed by atoms with Crippen LogP contribution in [0.15, 0.2) is 35.2 Å². The van der Waals surface area contributed by atoms with Gasteiger partial charge in [-0.05, 0) is 12.1 Å². The summed E-state index contributed by atoms with van der Waals surface area (Å²) < 4.78 is 4.42. The van der Waals surface area contributed by atoms with E-state index in [9.17, 15) is 9.59 Å². The summed E-state index contributed by atoms with van der Waals surface area (Å²) in [6, 6.07) is 9.86. The smallest absolute Gasteiger partial charge is 0.313 e. The van der Waals surface area contributed by atoms with Crippen LogP contribution in [-0.4, -0.2) is 24.6 Å². The van der Waals surface area contributed by atoms with Gasteiger partial charge < -0.3 is 4.74 Å². The van der Waals surface area contributed by atoms with Crippen LogP contribution < -0.4 is 0 Å². The van der Waals surface area contributed by atoms with Crippen LogP contribution in [0, 0.1) is 0 Å². The molecule has 0 unspecified atom stereocenters. The van der Waals surface area contributed by atoms with Gasteiger partial charge in [-0.3, -0.25) is 9.59 Å². The lowest BCUT2D eigenvalue weighted by atomic mass is 10.2. The van der Waals surface area contributed by atoms with Gasteiger partial charge in [-0.15, -0.1) is 11.8 Å². The van der Waals surface area contributed by atoms with Gasteiger partial charge in [0.2, 0.25) is 0 Å². The minimum absolute atomic E-state index is 0.0738. The lowest BCUT2D eigenvalue weighted by molar-refractivity contribution is -0.143. The first-order valence-electron chi connectivity index (χ1n) is 4.98. The maximum absolute atomic E-state index is 11.3. The Kier molecular flexibility index (Phi) is 5.64. The van der Waals surface area contributed by atoms with E-state index in [-0.39, 0.29) is 12.2 Å². The van der Waals surface area contributed by atoms with Gasteiger partial charge in [0.05, 0.1) is 7.11 Å².